The van der Waals surface area contributed by atoms with Gasteiger partial charge in [-0.1, -0.05) is 12.1 Å². The van der Waals surface area contributed by atoms with E-state index in [9.17, 15) is 0 Å². The lowest BCUT2D eigenvalue weighted by Crippen LogP contribution is -2.39. The minimum atomic E-state index is 0. The molecule has 0 spiro atoms. The van der Waals surface area contributed by atoms with Gasteiger partial charge < -0.3 is 24.7 Å². The van der Waals surface area contributed by atoms with Crippen LogP contribution in [0.25, 0.3) is 0 Å². The Balaban J connectivity index is 0.00000364. The van der Waals surface area contributed by atoms with Crippen molar-refractivity contribution in [2.45, 2.75) is 19.4 Å². The van der Waals surface area contributed by atoms with Gasteiger partial charge in [-0.05, 0) is 50.8 Å². The lowest BCUT2D eigenvalue weighted by atomic mass is 10.1. The van der Waals surface area contributed by atoms with E-state index in [1.807, 2.05) is 24.3 Å². The minimum Gasteiger partial charge on any atom is -0.497 e. The third-order valence-corrected chi connectivity index (χ3v) is 4.11. The Morgan fingerprint density at radius 1 is 1.22 bits per heavy atom. The summed E-state index contributed by atoms with van der Waals surface area (Å²) in [6.07, 6.45) is 2.52. The van der Waals surface area contributed by atoms with E-state index in [4.69, 9.17) is 14.1 Å². The maximum Gasteiger partial charge on any atom is 0.191 e. The molecule has 0 fully saturated rings. The zero-order chi connectivity index (χ0) is 18.8. The summed E-state index contributed by atoms with van der Waals surface area (Å²) < 4.78 is 10.7. The van der Waals surface area contributed by atoms with Gasteiger partial charge in [0.2, 0.25) is 0 Å². The average molecular weight is 486 g/mol. The largest absolute Gasteiger partial charge is 0.497 e. The van der Waals surface area contributed by atoms with Gasteiger partial charge in [0.05, 0.1) is 26.0 Å². The molecule has 2 N–H and O–H groups in total. The third kappa shape index (κ3) is 7.80. The van der Waals surface area contributed by atoms with E-state index in [0.717, 1.165) is 37.0 Å². The van der Waals surface area contributed by atoms with Gasteiger partial charge in [-0.3, -0.25) is 4.99 Å². The Morgan fingerprint density at radius 3 is 2.67 bits per heavy atom. The van der Waals surface area contributed by atoms with Crippen LogP contribution in [0.3, 0.4) is 0 Å². The molecule has 1 aromatic carbocycles. The van der Waals surface area contributed by atoms with Crippen LogP contribution in [0.5, 0.6) is 5.75 Å². The van der Waals surface area contributed by atoms with Gasteiger partial charge in [0, 0.05) is 19.5 Å². The number of nitrogens with one attached hydrogen (secondary N) is 2. The third-order valence-electron chi connectivity index (χ3n) is 4.11. The maximum absolute atomic E-state index is 5.37. The van der Waals surface area contributed by atoms with Crippen molar-refractivity contribution in [2.75, 3.05) is 40.8 Å². The molecule has 0 aliphatic heterocycles. The predicted molar refractivity (Wildman–Crippen MR) is 121 cm³/mol. The standard InChI is InChI=1S/C20H30N4O2.HI/c1-5-21-20(22-12-11-17-10-7-13-26-17)23-15-19(24(2)3)16-8-6-9-18(14-16)25-4;/h6-10,13-14,19H,5,11-12,15H2,1-4H3,(H2,21,22,23);1H. The second-order valence-corrected chi connectivity index (χ2v) is 6.23. The lowest BCUT2D eigenvalue weighted by molar-refractivity contribution is 0.305. The number of nitrogens with zero attached hydrogens (tertiary/aromatic N) is 2. The lowest BCUT2D eigenvalue weighted by Gasteiger charge is -2.24. The monoisotopic (exact) mass is 486 g/mol. The average Bonchev–Trinajstić information content (AvgIpc) is 3.15. The van der Waals surface area contributed by atoms with Gasteiger partial charge in [-0.2, -0.15) is 0 Å². The number of furan rings is 1. The quantitative estimate of drug-likeness (QED) is 0.324. The number of hydrogen-bond donors (Lipinski definition) is 2. The van der Waals surface area contributed by atoms with Crippen LogP contribution in [0.2, 0.25) is 0 Å². The molecule has 0 aliphatic rings. The summed E-state index contributed by atoms with van der Waals surface area (Å²) >= 11 is 0. The molecule has 6 nitrogen and oxygen atoms in total. The van der Waals surface area contributed by atoms with Crippen LogP contribution in [-0.2, 0) is 6.42 Å². The molecule has 0 amide bonds. The number of ether oxygens (including phenoxy) is 1. The number of aliphatic imine (C=N–C) groups is 1. The van der Waals surface area contributed by atoms with Crippen LogP contribution in [0.4, 0.5) is 0 Å². The van der Waals surface area contributed by atoms with Gasteiger partial charge >= 0.3 is 0 Å². The van der Waals surface area contributed by atoms with E-state index in [1.165, 1.54) is 5.56 Å². The van der Waals surface area contributed by atoms with E-state index < -0.39 is 0 Å². The summed E-state index contributed by atoms with van der Waals surface area (Å²) in [4.78, 5) is 6.94. The molecule has 27 heavy (non-hydrogen) atoms. The number of likely N-dealkylation sites (N-methyl/N-ethyl adjacent to an activating group) is 1. The SMILES string of the molecule is CCNC(=NCC(c1cccc(OC)c1)N(C)C)NCCc1ccco1.I. The molecule has 1 aromatic heterocycles. The van der Waals surface area contributed by atoms with E-state index >= 15 is 0 Å². The molecular formula is C20H31IN4O2. The Kier molecular flexibility index (Phi) is 10.9. The van der Waals surface area contributed by atoms with Crippen molar-refractivity contribution >= 4 is 29.9 Å². The fourth-order valence-corrected chi connectivity index (χ4v) is 2.69. The first-order valence-corrected chi connectivity index (χ1v) is 8.99. The van der Waals surface area contributed by atoms with Crippen molar-refractivity contribution in [3.05, 3.63) is 54.0 Å². The summed E-state index contributed by atoms with van der Waals surface area (Å²) in [7, 11) is 5.82. The van der Waals surface area contributed by atoms with Crippen molar-refractivity contribution < 1.29 is 9.15 Å². The van der Waals surface area contributed by atoms with Crippen molar-refractivity contribution in [1.29, 1.82) is 0 Å². The Labute approximate surface area is 179 Å². The first-order valence-electron chi connectivity index (χ1n) is 8.99. The molecule has 2 rings (SSSR count). The van der Waals surface area contributed by atoms with E-state index in [1.54, 1.807) is 13.4 Å². The molecule has 0 radical (unpaired) electrons. The van der Waals surface area contributed by atoms with E-state index in [-0.39, 0.29) is 30.0 Å². The molecular weight excluding hydrogens is 455 g/mol. The first-order chi connectivity index (χ1) is 12.6. The fourth-order valence-electron chi connectivity index (χ4n) is 2.69. The van der Waals surface area contributed by atoms with Crippen molar-refractivity contribution in [2.24, 2.45) is 4.99 Å². The Morgan fingerprint density at radius 2 is 2.04 bits per heavy atom. The van der Waals surface area contributed by atoms with Gasteiger partial charge in [0.1, 0.15) is 11.5 Å². The summed E-state index contributed by atoms with van der Waals surface area (Å²) in [6.45, 7) is 4.30. The molecule has 0 saturated heterocycles. The highest BCUT2D eigenvalue weighted by Gasteiger charge is 2.14. The number of hydrogen-bond acceptors (Lipinski definition) is 4. The van der Waals surface area contributed by atoms with Crippen LogP contribution >= 0.6 is 24.0 Å². The summed E-state index contributed by atoms with van der Waals surface area (Å²) in [5.74, 6) is 2.64. The van der Waals surface area contributed by atoms with Gasteiger partial charge in [0.15, 0.2) is 5.96 Å². The zero-order valence-corrected chi connectivity index (χ0v) is 18.9. The molecule has 1 atom stereocenters. The highest BCUT2D eigenvalue weighted by atomic mass is 127. The number of halogens is 1. The molecule has 1 unspecified atom stereocenters. The number of guanidine groups is 1. The number of rotatable bonds is 9. The molecule has 1 heterocycles. The van der Waals surface area contributed by atoms with Gasteiger partial charge in [0.25, 0.3) is 0 Å². The molecule has 150 valence electrons. The van der Waals surface area contributed by atoms with Crippen molar-refractivity contribution in [3.63, 3.8) is 0 Å². The van der Waals surface area contributed by atoms with Crippen molar-refractivity contribution in [3.8, 4) is 5.75 Å². The molecule has 7 heteroatoms. The first kappa shape index (κ1) is 23.3. The molecule has 0 aliphatic carbocycles. The normalized spacial score (nSPS) is 12.4. The molecule has 0 saturated carbocycles. The van der Waals surface area contributed by atoms with Crippen LogP contribution in [-0.4, -0.2) is 51.7 Å². The Hall–Kier alpha value is -1.74. The second kappa shape index (κ2) is 12.6. The number of methoxy groups -OCH3 is 1. The van der Waals surface area contributed by atoms with Crippen LogP contribution in [0.1, 0.15) is 24.3 Å². The van der Waals surface area contributed by atoms with Gasteiger partial charge in [-0.25, -0.2) is 0 Å². The smallest absolute Gasteiger partial charge is 0.191 e. The topological polar surface area (TPSA) is 62.0 Å². The van der Waals surface area contributed by atoms with Crippen LogP contribution in [0, 0.1) is 0 Å². The number of benzene rings is 1. The summed E-state index contributed by atoms with van der Waals surface area (Å²) in [6, 6.07) is 12.2. The van der Waals surface area contributed by atoms with Crippen LogP contribution < -0.4 is 15.4 Å². The minimum absolute atomic E-state index is 0. The second-order valence-electron chi connectivity index (χ2n) is 6.23. The summed E-state index contributed by atoms with van der Waals surface area (Å²) in [5, 5.41) is 6.66. The highest BCUT2D eigenvalue weighted by molar-refractivity contribution is 14.0. The fraction of sp³-hybridized carbons (Fsp3) is 0.450. The maximum atomic E-state index is 5.37. The summed E-state index contributed by atoms with van der Waals surface area (Å²) in [5.41, 5.74) is 1.18. The zero-order valence-electron chi connectivity index (χ0n) is 16.6. The van der Waals surface area contributed by atoms with E-state index in [0.29, 0.717) is 6.54 Å². The molecule has 2 aromatic rings. The van der Waals surface area contributed by atoms with Gasteiger partial charge in [-0.15, -0.1) is 24.0 Å². The molecule has 0 bridgehead atoms. The van der Waals surface area contributed by atoms with Crippen LogP contribution in [0.15, 0.2) is 52.1 Å². The van der Waals surface area contributed by atoms with E-state index in [2.05, 4.69) is 48.7 Å². The Bertz CT molecular complexity index is 674. The highest BCUT2D eigenvalue weighted by Crippen LogP contribution is 2.22. The predicted octanol–water partition coefficient (Wildman–Crippen LogP) is 3.31. The van der Waals surface area contributed by atoms with Crippen molar-refractivity contribution in [1.82, 2.24) is 15.5 Å².